The number of nitriles is 1. The van der Waals surface area contributed by atoms with E-state index in [1.807, 2.05) is 0 Å². The van der Waals surface area contributed by atoms with Crippen LogP contribution in [0.2, 0.25) is 0 Å². The van der Waals surface area contributed by atoms with Crippen LogP contribution in [0, 0.1) is 39.9 Å². The van der Waals surface area contributed by atoms with Crippen molar-refractivity contribution in [2.75, 3.05) is 6.54 Å². The van der Waals surface area contributed by atoms with E-state index in [1.54, 1.807) is 0 Å². The fourth-order valence-corrected chi connectivity index (χ4v) is 5.88. The average molecular weight is 272 g/mol. The molecule has 4 saturated carbocycles. The molecule has 0 aromatic heterocycles. The lowest BCUT2D eigenvalue weighted by atomic mass is 9.42. The Bertz CT molecular complexity index is 436. The van der Waals surface area contributed by atoms with E-state index < -0.39 is 0 Å². The van der Waals surface area contributed by atoms with Gasteiger partial charge in [-0.15, -0.1) is 0 Å². The third kappa shape index (κ3) is 2.09. The molecule has 4 aliphatic carbocycles. The van der Waals surface area contributed by atoms with Crippen LogP contribution in [0.4, 0.5) is 0 Å². The van der Waals surface area contributed by atoms with E-state index in [4.69, 9.17) is 10.8 Å². The van der Waals surface area contributed by atoms with E-state index in [1.165, 1.54) is 38.5 Å². The Hall–Kier alpha value is -1.20. The van der Waals surface area contributed by atoms with Crippen LogP contribution in [0.5, 0.6) is 0 Å². The summed E-state index contributed by atoms with van der Waals surface area (Å²) in [4.78, 5) is 3.00. The molecule has 4 fully saturated rings. The number of nitrogens with zero attached hydrogens (tertiary/aromatic N) is 4. The van der Waals surface area contributed by atoms with Crippen LogP contribution in [0.3, 0.4) is 0 Å². The number of azide groups is 1. The molecular formula is C16H24N4. The Morgan fingerprint density at radius 2 is 1.80 bits per heavy atom. The van der Waals surface area contributed by atoms with Crippen LogP contribution in [0.15, 0.2) is 5.11 Å². The zero-order valence-electron chi connectivity index (χ0n) is 12.4. The van der Waals surface area contributed by atoms with Crippen molar-refractivity contribution < 1.29 is 0 Å². The van der Waals surface area contributed by atoms with Gasteiger partial charge in [-0.05, 0) is 79.1 Å². The third-order valence-electron chi connectivity index (χ3n) is 6.59. The smallest absolute Gasteiger partial charge is 0.0621 e. The van der Waals surface area contributed by atoms with Gasteiger partial charge in [-0.25, -0.2) is 0 Å². The molecule has 0 heterocycles. The minimum absolute atomic E-state index is 0.0188. The van der Waals surface area contributed by atoms with Gasteiger partial charge >= 0.3 is 0 Å². The monoisotopic (exact) mass is 272 g/mol. The first-order valence-electron chi connectivity index (χ1n) is 7.99. The van der Waals surface area contributed by atoms with Crippen LogP contribution >= 0.6 is 0 Å². The van der Waals surface area contributed by atoms with Gasteiger partial charge < -0.3 is 0 Å². The van der Waals surface area contributed by atoms with Crippen LogP contribution in [-0.2, 0) is 0 Å². The highest BCUT2D eigenvalue weighted by Gasteiger charge is 2.57. The second-order valence-electron chi connectivity index (χ2n) is 7.81. The van der Waals surface area contributed by atoms with Crippen molar-refractivity contribution in [3.63, 3.8) is 0 Å². The first-order valence-corrected chi connectivity index (χ1v) is 7.99. The summed E-state index contributed by atoms with van der Waals surface area (Å²) in [6.45, 7) is 2.85. The highest BCUT2D eigenvalue weighted by molar-refractivity contribution is 5.09. The highest BCUT2D eigenvalue weighted by Crippen LogP contribution is 2.66. The molecule has 0 aromatic rings. The summed E-state index contributed by atoms with van der Waals surface area (Å²) in [7, 11) is 0. The van der Waals surface area contributed by atoms with Gasteiger partial charge in [-0.2, -0.15) is 5.26 Å². The lowest BCUT2D eigenvalue weighted by Gasteiger charge is -2.63. The van der Waals surface area contributed by atoms with Crippen LogP contribution in [0.1, 0.15) is 58.3 Å². The summed E-state index contributed by atoms with van der Waals surface area (Å²) in [5.74, 6) is 2.69. The van der Waals surface area contributed by atoms with Crippen molar-refractivity contribution in [2.45, 2.75) is 58.3 Å². The summed E-state index contributed by atoms with van der Waals surface area (Å²) in [5, 5.41) is 12.9. The Balaban J connectivity index is 1.89. The van der Waals surface area contributed by atoms with Gasteiger partial charge in [-0.3, -0.25) is 0 Å². The van der Waals surface area contributed by atoms with Crippen molar-refractivity contribution in [2.24, 2.45) is 33.7 Å². The molecule has 1 atom stereocenters. The molecule has 0 amide bonds. The average Bonchev–Trinajstić information content (AvgIpc) is 2.41. The molecule has 4 aliphatic rings. The second kappa shape index (κ2) is 4.97. The predicted molar refractivity (Wildman–Crippen MR) is 77.6 cm³/mol. The van der Waals surface area contributed by atoms with E-state index in [0.29, 0.717) is 18.4 Å². The molecule has 4 bridgehead atoms. The molecule has 0 radical (unpaired) electrons. The van der Waals surface area contributed by atoms with Crippen LogP contribution < -0.4 is 0 Å². The van der Waals surface area contributed by atoms with Crippen molar-refractivity contribution in [1.29, 1.82) is 5.26 Å². The van der Waals surface area contributed by atoms with Gasteiger partial charge in [0.15, 0.2) is 0 Å². The van der Waals surface area contributed by atoms with E-state index in [2.05, 4.69) is 23.0 Å². The zero-order chi connectivity index (χ0) is 14.2. The number of hydrogen-bond donors (Lipinski definition) is 0. The van der Waals surface area contributed by atoms with Crippen LogP contribution in [0.25, 0.3) is 10.4 Å². The first-order chi connectivity index (χ1) is 9.61. The Morgan fingerprint density at radius 3 is 2.25 bits per heavy atom. The van der Waals surface area contributed by atoms with Gasteiger partial charge in [0, 0.05) is 17.9 Å². The molecule has 0 spiro atoms. The molecular weight excluding hydrogens is 248 g/mol. The van der Waals surface area contributed by atoms with Crippen molar-refractivity contribution in [1.82, 2.24) is 0 Å². The maximum Gasteiger partial charge on any atom is 0.0621 e. The zero-order valence-corrected chi connectivity index (χ0v) is 12.4. The van der Waals surface area contributed by atoms with E-state index in [9.17, 15) is 0 Å². The summed E-state index contributed by atoms with van der Waals surface area (Å²) < 4.78 is 0. The molecule has 0 saturated heterocycles. The number of rotatable bonds is 5. The molecule has 4 rings (SSSR count). The standard InChI is InChI=1S/C16H24N4/c1-15(3-2-4-17,11-19-20-18)16-8-12-5-13(9-16)7-14(6-12)10-16/h12-14H,2-3,5-11H2,1H3. The molecule has 0 aromatic carbocycles. The summed E-state index contributed by atoms with van der Waals surface area (Å²) in [6, 6.07) is 2.30. The van der Waals surface area contributed by atoms with Gasteiger partial charge in [0.05, 0.1) is 6.07 Å². The highest BCUT2D eigenvalue weighted by atomic mass is 15.1. The van der Waals surface area contributed by atoms with Gasteiger partial charge in [-0.1, -0.05) is 12.0 Å². The summed E-state index contributed by atoms with van der Waals surface area (Å²) in [6.07, 6.45) is 9.67. The summed E-state index contributed by atoms with van der Waals surface area (Å²) >= 11 is 0. The fraction of sp³-hybridized carbons (Fsp3) is 0.938. The van der Waals surface area contributed by atoms with E-state index in [-0.39, 0.29) is 5.41 Å². The lowest BCUT2D eigenvalue weighted by molar-refractivity contribution is -0.124. The topological polar surface area (TPSA) is 72.5 Å². The Kier molecular flexibility index (Phi) is 3.42. The van der Waals surface area contributed by atoms with Gasteiger partial charge in [0.25, 0.3) is 0 Å². The molecule has 4 heteroatoms. The quantitative estimate of drug-likeness (QED) is 0.401. The maximum absolute atomic E-state index is 8.98. The Morgan fingerprint density at radius 1 is 1.25 bits per heavy atom. The second-order valence-corrected chi connectivity index (χ2v) is 7.81. The maximum atomic E-state index is 8.98. The van der Waals surface area contributed by atoms with E-state index >= 15 is 0 Å². The van der Waals surface area contributed by atoms with Crippen LogP contribution in [-0.4, -0.2) is 6.54 Å². The SMILES string of the molecule is CC(CCC#N)(CN=[N+]=[N-])C12CC3CC(CC(C3)C1)C2. The Labute approximate surface area is 121 Å². The van der Waals surface area contributed by atoms with E-state index in [0.717, 1.165) is 24.2 Å². The molecule has 0 N–H and O–H groups in total. The fourth-order valence-electron chi connectivity index (χ4n) is 5.88. The lowest BCUT2D eigenvalue weighted by Crippen LogP contribution is -2.54. The van der Waals surface area contributed by atoms with Gasteiger partial charge in [0.1, 0.15) is 0 Å². The largest absolute Gasteiger partial charge is 0.198 e. The molecule has 20 heavy (non-hydrogen) atoms. The minimum Gasteiger partial charge on any atom is -0.198 e. The number of hydrogen-bond acceptors (Lipinski definition) is 2. The summed E-state index contributed by atoms with van der Waals surface area (Å²) in [5.41, 5.74) is 9.09. The third-order valence-corrected chi connectivity index (χ3v) is 6.59. The molecule has 1 unspecified atom stereocenters. The van der Waals surface area contributed by atoms with Gasteiger partial charge in [0.2, 0.25) is 0 Å². The van der Waals surface area contributed by atoms with Crippen molar-refractivity contribution >= 4 is 0 Å². The molecule has 108 valence electrons. The van der Waals surface area contributed by atoms with Crippen molar-refractivity contribution in [3.05, 3.63) is 10.4 Å². The minimum atomic E-state index is 0.0188. The molecule has 0 aliphatic heterocycles. The normalized spacial score (nSPS) is 40.7. The first kappa shape index (κ1) is 13.8. The predicted octanol–water partition coefficient (Wildman–Crippen LogP) is 4.82. The molecule has 4 nitrogen and oxygen atoms in total. The van der Waals surface area contributed by atoms with Crippen molar-refractivity contribution in [3.8, 4) is 6.07 Å².